The highest BCUT2D eigenvalue weighted by molar-refractivity contribution is 5.98. The SMILES string of the molecule is O=C(c1ccccc1F)C1CC2CCC(C1)N2C(=O)OCC1c2ccccc2-c2ccccc21. The number of carbonyl (C=O) groups is 2. The molecule has 0 saturated carbocycles. The summed E-state index contributed by atoms with van der Waals surface area (Å²) in [6, 6.07) is 22.7. The van der Waals surface area contributed by atoms with Gasteiger partial charge in [-0.3, -0.25) is 4.79 Å². The average molecular weight is 456 g/mol. The van der Waals surface area contributed by atoms with Gasteiger partial charge in [0.1, 0.15) is 12.4 Å². The Hall–Kier alpha value is -3.47. The monoisotopic (exact) mass is 455 g/mol. The van der Waals surface area contributed by atoms with Crippen molar-refractivity contribution in [2.75, 3.05) is 6.61 Å². The van der Waals surface area contributed by atoms with Crippen molar-refractivity contribution in [3.05, 3.63) is 95.3 Å². The standard InChI is InChI=1S/C29H26FNO3/c30-27-12-6-5-11-25(27)28(32)18-15-19-13-14-20(16-18)31(19)29(33)34-17-26-23-9-3-1-7-21(23)22-8-2-4-10-24(22)26/h1-12,18-20,26H,13-17H2. The molecule has 0 radical (unpaired) electrons. The fraction of sp³-hybridized carbons (Fsp3) is 0.310. The molecular formula is C29H26FNO3. The van der Waals surface area contributed by atoms with Crippen molar-refractivity contribution >= 4 is 11.9 Å². The molecule has 2 atom stereocenters. The molecule has 5 heteroatoms. The third-order valence-electron chi connectivity index (χ3n) is 7.79. The Balaban J connectivity index is 1.15. The number of piperidine rings is 1. The van der Waals surface area contributed by atoms with Gasteiger partial charge in [-0.1, -0.05) is 60.7 Å². The summed E-state index contributed by atoms with van der Waals surface area (Å²) in [6.45, 7) is 0.292. The minimum absolute atomic E-state index is 0.0224. The lowest BCUT2D eigenvalue weighted by Crippen LogP contribution is -2.48. The van der Waals surface area contributed by atoms with E-state index in [1.165, 1.54) is 28.3 Å². The Morgan fingerprint density at radius 3 is 2.00 bits per heavy atom. The summed E-state index contributed by atoms with van der Waals surface area (Å²) in [5, 5.41) is 0. The number of nitrogens with zero attached hydrogens (tertiary/aromatic N) is 1. The number of hydrogen-bond acceptors (Lipinski definition) is 3. The zero-order valence-corrected chi connectivity index (χ0v) is 18.8. The van der Waals surface area contributed by atoms with E-state index in [2.05, 4.69) is 24.3 Å². The van der Waals surface area contributed by atoms with Crippen LogP contribution in [-0.4, -0.2) is 35.5 Å². The maximum atomic E-state index is 14.2. The number of benzene rings is 3. The quantitative estimate of drug-likeness (QED) is 0.440. The number of amides is 1. The molecule has 0 N–H and O–H groups in total. The van der Waals surface area contributed by atoms with Crippen LogP contribution in [0, 0.1) is 11.7 Å². The van der Waals surface area contributed by atoms with Crippen LogP contribution in [0.25, 0.3) is 11.1 Å². The summed E-state index contributed by atoms with van der Waals surface area (Å²) in [5.41, 5.74) is 4.93. The number of ketones is 1. The first-order valence-electron chi connectivity index (χ1n) is 12.0. The number of Topliss-reactive ketones (excluding diaryl/α,β-unsaturated/α-hetero) is 1. The van der Waals surface area contributed by atoms with Gasteiger partial charge >= 0.3 is 6.09 Å². The molecule has 4 nitrogen and oxygen atoms in total. The van der Waals surface area contributed by atoms with E-state index < -0.39 is 5.82 Å². The number of fused-ring (bicyclic) bond motifs is 5. The molecule has 2 fully saturated rings. The number of hydrogen-bond donors (Lipinski definition) is 0. The van der Waals surface area contributed by atoms with Crippen LogP contribution in [0.2, 0.25) is 0 Å². The summed E-state index contributed by atoms with van der Waals surface area (Å²) in [5.74, 6) is -0.859. The number of rotatable bonds is 4. The van der Waals surface area contributed by atoms with Gasteiger partial charge in [0, 0.05) is 23.9 Å². The molecule has 3 aromatic rings. The lowest BCUT2D eigenvalue weighted by atomic mass is 9.85. The fourth-order valence-electron chi connectivity index (χ4n) is 6.24. The van der Waals surface area contributed by atoms with Crippen LogP contribution in [0.4, 0.5) is 9.18 Å². The minimum Gasteiger partial charge on any atom is -0.448 e. The van der Waals surface area contributed by atoms with Crippen LogP contribution >= 0.6 is 0 Å². The molecule has 3 aromatic carbocycles. The lowest BCUT2D eigenvalue weighted by Gasteiger charge is -2.37. The summed E-state index contributed by atoms with van der Waals surface area (Å²) < 4.78 is 20.1. The largest absolute Gasteiger partial charge is 0.448 e. The maximum absolute atomic E-state index is 14.2. The van der Waals surface area contributed by atoms with Crippen LogP contribution in [-0.2, 0) is 4.74 Å². The summed E-state index contributed by atoms with van der Waals surface area (Å²) in [4.78, 5) is 28.0. The number of carbonyl (C=O) groups excluding carboxylic acids is 2. The molecule has 2 aliphatic heterocycles. The predicted octanol–water partition coefficient (Wildman–Crippen LogP) is 6.20. The van der Waals surface area contributed by atoms with Crippen LogP contribution in [0.15, 0.2) is 72.8 Å². The van der Waals surface area contributed by atoms with Crippen molar-refractivity contribution in [1.29, 1.82) is 0 Å². The summed E-state index contributed by atoms with van der Waals surface area (Å²) in [7, 11) is 0. The Kier molecular flexibility index (Phi) is 5.20. The molecule has 2 bridgehead atoms. The second-order valence-corrected chi connectivity index (χ2v) is 9.61. The van der Waals surface area contributed by atoms with Crippen LogP contribution in [0.1, 0.15) is 53.1 Å². The van der Waals surface area contributed by atoms with E-state index in [0.717, 1.165) is 12.8 Å². The van der Waals surface area contributed by atoms with Gasteiger partial charge in [0.2, 0.25) is 0 Å². The van der Waals surface area contributed by atoms with Gasteiger partial charge < -0.3 is 9.64 Å². The molecule has 6 rings (SSSR count). The van der Waals surface area contributed by atoms with Gasteiger partial charge in [0.05, 0.1) is 5.56 Å². The summed E-state index contributed by atoms with van der Waals surface area (Å²) >= 11 is 0. The molecule has 34 heavy (non-hydrogen) atoms. The van der Waals surface area contributed by atoms with Crippen LogP contribution in [0.3, 0.4) is 0 Å². The second-order valence-electron chi connectivity index (χ2n) is 9.61. The first-order chi connectivity index (χ1) is 16.6. The van der Waals surface area contributed by atoms with E-state index >= 15 is 0 Å². The molecule has 0 spiro atoms. The molecular weight excluding hydrogens is 429 g/mol. The zero-order chi connectivity index (χ0) is 23.2. The Morgan fingerprint density at radius 2 is 1.38 bits per heavy atom. The van der Waals surface area contributed by atoms with Crippen molar-refractivity contribution in [2.45, 2.75) is 43.7 Å². The smallest absolute Gasteiger partial charge is 0.410 e. The van der Waals surface area contributed by atoms with Crippen molar-refractivity contribution in [1.82, 2.24) is 4.90 Å². The second kappa shape index (κ2) is 8.39. The van der Waals surface area contributed by atoms with E-state index in [0.29, 0.717) is 19.4 Å². The van der Waals surface area contributed by atoms with E-state index in [1.54, 1.807) is 18.2 Å². The van der Waals surface area contributed by atoms with Gasteiger partial charge in [-0.05, 0) is 60.1 Å². The molecule has 3 aliphatic rings. The lowest BCUT2D eigenvalue weighted by molar-refractivity contribution is 0.0504. The summed E-state index contributed by atoms with van der Waals surface area (Å²) in [6.07, 6.45) is 2.54. The van der Waals surface area contributed by atoms with E-state index in [-0.39, 0.29) is 41.4 Å². The van der Waals surface area contributed by atoms with Gasteiger partial charge in [-0.15, -0.1) is 0 Å². The van der Waals surface area contributed by atoms with Gasteiger partial charge in [0.25, 0.3) is 0 Å². The van der Waals surface area contributed by atoms with Crippen molar-refractivity contribution < 1.29 is 18.7 Å². The number of ether oxygens (including phenoxy) is 1. The van der Waals surface area contributed by atoms with Gasteiger partial charge in [0.15, 0.2) is 5.78 Å². The number of halogens is 1. The first-order valence-corrected chi connectivity index (χ1v) is 12.0. The minimum atomic E-state index is -0.473. The molecule has 1 aliphatic carbocycles. The topological polar surface area (TPSA) is 46.6 Å². The van der Waals surface area contributed by atoms with Crippen molar-refractivity contribution in [3.8, 4) is 11.1 Å². The van der Waals surface area contributed by atoms with E-state index in [1.807, 2.05) is 29.2 Å². The molecule has 2 saturated heterocycles. The normalized spacial score (nSPS) is 22.9. The Labute approximate surface area is 198 Å². The first kappa shape index (κ1) is 21.1. The van der Waals surface area contributed by atoms with Gasteiger partial charge in [-0.2, -0.15) is 0 Å². The van der Waals surface area contributed by atoms with E-state index in [9.17, 15) is 14.0 Å². The third kappa shape index (κ3) is 3.42. The fourth-order valence-corrected chi connectivity index (χ4v) is 6.24. The average Bonchev–Trinajstić information content (AvgIpc) is 3.33. The molecule has 2 unspecified atom stereocenters. The van der Waals surface area contributed by atoms with Crippen molar-refractivity contribution in [2.24, 2.45) is 5.92 Å². The maximum Gasteiger partial charge on any atom is 0.410 e. The Morgan fingerprint density at radius 1 is 0.824 bits per heavy atom. The predicted molar refractivity (Wildman–Crippen MR) is 127 cm³/mol. The van der Waals surface area contributed by atoms with Crippen molar-refractivity contribution in [3.63, 3.8) is 0 Å². The molecule has 2 heterocycles. The van der Waals surface area contributed by atoms with E-state index in [4.69, 9.17) is 4.74 Å². The molecule has 0 aromatic heterocycles. The zero-order valence-electron chi connectivity index (χ0n) is 18.8. The van der Waals surface area contributed by atoms with Gasteiger partial charge in [-0.25, -0.2) is 9.18 Å². The highest BCUT2D eigenvalue weighted by atomic mass is 19.1. The molecule has 172 valence electrons. The highest BCUT2D eigenvalue weighted by Gasteiger charge is 2.46. The molecule has 1 amide bonds. The highest BCUT2D eigenvalue weighted by Crippen LogP contribution is 2.45. The third-order valence-corrected chi connectivity index (χ3v) is 7.79. The Bertz CT molecular complexity index is 1210. The van der Waals surface area contributed by atoms with Crippen LogP contribution < -0.4 is 0 Å². The van der Waals surface area contributed by atoms with Crippen LogP contribution in [0.5, 0.6) is 0 Å².